The number of hydrogen-bond donors (Lipinski definition) is 5. The van der Waals surface area contributed by atoms with Gasteiger partial charge in [0, 0.05) is 37.5 Å². The Hall–Kier alpha value is -4.51. The summed E-state index contributed by atoms with van der Waals surface area (Å²) in [6, 6.07) is 15.5. The van der Waals surface area contributed by atoms with Gasteiger partial charge >= 0.3 is 0 Å². The van der Waals surface area contributed by atoms with Crippen LogP contribution in [-0.4, -0.2) is 74.7 Å². The van der Waals surface area contributed by atoms with Crippen molar-refractivity contribution < 1.29 is 39.5 Å². The average molecular weight is 597 g/mol. The van der Waals surface area contributed by atoms with Gasteiger partial charge in [-0.05, 0) is 57.9 Å². The summed E-state index contributed by atoms with van der Waals surface area (Å²) in [7, 11) is 0. The Bertz CT molecular complexity index is 1840. The van der Waals surface area contributed by atoms with E-state index in [4.69, 9.17) is 10.5 Å². The molecule has 3 unspecified atom stereocenters. The molecule has 3 atom stereocenters. The van der Waals surface area contributed by atoms with Gasteiger partial charge in [-0.25, -0.2) is 0 Å². The zero-order valence-corrected chi connectivity index (χ0v) is 23.9. The van der Waals surface area contributed by atoms with E-state index in [9.17, 15) is 34.8 Å². The number of amides is 1. The summed E-state index contributed by atoms with van der Waals surface area (Å²) in [6.07, 6.45) is -0.0384. The molecule has 0 spiro atoms. The number of ketones is 2. The van der Waals surface area contributed by atoms with Crippen LogP contribution in [0.1, 0.15) is 29.5 Å². The van der Waals surface area contributed by atoms with E-state index in [-0.39, 0.29) is 36.1 Å². The minimum atomic E-state index is -2.59. The molecule has 226 valence electrons. The summed E-state index contributed by atoms with van der Waals surface area (Å²) < 4.78 is 5.51. The number of ether oxygens (including phenoxy) is 1. The molecular formula is C34H32N2O8. The van der Waals surface area contributed by atoms with Crippen molar-refractivity contribution in [1.82, 2.24) is 4.90 Å². The van der Waals surface area contributed by atoms with E-state index in [0.29, 0.717) is 18.8 Å². The van der Waals surface area contributed by atoms with Crippen LogP contribution in [0.2, 0.25) is 0 Å². The highest BCUT2D eigenvalue weighted by Gasteiger charge is 2.60. The lowest BCUT2D eigenvalue weighted by Crippen LogP contribution is -2.58. The molecule has 2 fully saturated rings. The Morgan fingerprint density at radius 2 is 1.66 bits per heavy atom. The number of phenols is 1. The summed E-state index contributed by atoms with van der Waals surface area (Å²) in [5, 5.41) is 46.9. The highest BCUT2D eigenvalue weighted by molar-refractivity contribution is 6.22. The summed E-state index contributed by atoms with van der Waals surface area (Å²) in [4.78, 5) is 40.8. The Morgan fingerprint density at radius 1 is 0.955 bits per heavy atom. The van der Waals surface area contributed by atoms with Crippen molar-refractivity contribution in [3.05, 3.63) is 82.1 Å². The maximum Gasteiger partial charge on any atom is 0.255 e. The molecule has 1 heterocycles. The summed E-state index contributed by atoms with van der Waals surface area (Å²) in [6.45, 7) is 3.89. The molecule has 0 aromatic heterocycles. The normalized spacial score (nSPS) is 25.6. The number of hydrogen-bond acceptors (Lipinski definition) is 9. The van der Waals surface area contributed by atoms with Crippen molar-refractivity contribution in [2.24, 2.45) is 17.6 Å². The van der Waals surface area contributed by atoms with Gasteiger partial charge < -0.3 is 30.9 Å². The number of primary amides is 1. The number of rotatable bonds is 4. The molecule has 3 aliphatic carbocycles. The number of morpholine rings is 1. The number of fused-ring (bicyclic) bond motifs is 4. The van der Waals surface area contributed by atoms with Gasteiger partial charge in [0.05, 0.1) is 18.8 Å². The first-order valence-electron chi connectivity index (χ1n) is 14.7. The second kappa shape index (κ2) is 10.3. The molecule has 1 amide bonds. The van der Waals surface area contributed by atoms with Gasteiger partial charge in [0.15, 0.2) is 11.4 Å². The van der Waals surface area contributed by atoms with Gasteiger partial charge in [-0.15, -0.1) is 0 Å². The predicted octanol–water partition coefficient (Wildman–Crippen LogP) is 3.08. The zero-order valence-electron chi connectivity index (χ0n) is 23.9. The van der Waals surface area contributed by atoms with Crippen LogP contribution in [0, 0.1) is 11.8 Å². The molecular weight excluding hydrogens is 564 g/mol. The number of phenolic OH excluding ortho intramolecular Hbond substituents is 1. The SMILES string of the molecule is NC(=O)C1=C(O)C2(O)C(=O)C3=C(O)c4c(O)ccc(-c5ccc(CN6CCOCC6)c6ccccc56)c4CC3CC2CC1=O. The number of nitrogens with zero attached hydrogens (tertiary/aromatic N) is 1. The number of aliphatic hydroxyl groups is 3. The highest BCUT2D eigenvalue weighted by Crippen LogP contribution is 2.53. The van der Waals surface area contributed by atoms with E-state index in [2.05, 4.69) is 17.0 Å². The van der Waals surface area contributed by atoms with Crippen molar-refractivity contribution in [2.45, 2.75) is 31.4 Å². The molecule has 1 saturated heterocycles. The molecule has 1 aliphatic heterocycles. The monoisotopic (exact) mass is 596 g/mol. The quantitative estimate of drug-likeness (QED) is 0.284. The third kappa shape index (κ3) is 4.09. The minimum Gasteiger partial charge on any atom is -0.508 e. The van der Waals surface area contributed by atoms with Crippen LogP contribution in [-0.2, 0) is 32.1 Å². The fourth-order valence-electron chi connectivity index (χ4n) is 7.61. The largest absolute Gasteiger partial charge is 0.508 e. The van der Waals surface area contributed by atoms with Crippen molar-refractivity contribution in [1.29, 1.82) is 0 Å². The second-order valence-corrected chi connectivity index (χ2v) is 12.1. The molecule has 0 bridgehead atoms. The number of Topliss-reactive ketones (excluding diaryl/α,β-unsaturated/α-hetero) is 2. The maximum atomic E-state index is 13.8. The maximum absolute atomic E-state index is 13.8. The first-order chi connectivity index (χ1) is 21.1. The van der Waals surface area contributed by atoms with Crippen LogP contribution >= 0.6 is 0 Å². The Morgan fingerprint density at radius 3 is 2.39 bits per heavy atom. The van der Waals surface area contributed by atoms with Crippen LogP contribution in [0.3, 0.4) is 0 Å². The first-order valence-corrected chi connectivity index (χ1v) is 14.7. The fraction of sp³-hybridized carbons (Fsp3) is 0.324. The smallest absolute Gasteiger partial charge is 0.255 e. The summed E-state index contributed by atoms with van der Waals surface area (Å²) in [5.74, 6) is -6.43. The van der Waals surface area contributed by atoms with Crippen molar-refractivity contribution in [3.63, 3.8) is 0 Å². The van der Waals surface area contributed by atoms with Crippen LogP contribution in [0.25, 0.3) is 27.7 Å². The van der Waals surface area contributed by atoms with Gasteiger partial charge in [-0.3, -0.25) is 19.3 Å². The number of carbonyl (C=O) groups excluding carboxylic acids is 3. The lowest BCUT2D eigenvalue weighted by Gasteiger charge is -2.46. The van der Waals surface area contributed by atoms with E-state index in [1.165, 1.54) is 11.6 Å². The molecule has 1 saturated carbocycles. The van der Waals surface area contributed by atoms with Crippen molar-refractivity contribution in [2.75, 3.05) is 26.3 Å². The molecule has 44 heavy (non-hydrogen) atoms. The number of nitrogens with two attached hydrogens (primary N) is 1. The molecule has 3 aromatic rings. The highest BCUT2D eigenvalue weighted by atomic mass is 16.5. The zero-order chi connectivity index (χ0) is 30.9. The van der Waals surface area contributed by atoms with E-state index in [0.717, 1.165) is 41.5 Å². The van der Waals surface area contributed by atoms with E-state index >= 15 is 0 Å². The fourth-order valence-corrected chi connectivity index (χ4v) is 7.61. The molecule has 7 rings (SSSR count). The molecule has 3 aromatic carbocycles. The predicted molar refractivity (Wildman–Crippen MR) is 160 cm³/mol. The topological polar surface area (TPSA) is 171 Å². The molecule has 10 heteroatoms. The molecule has 0 radical (unpaired) electrons. The first kappa shape index (κ1) is 28.3. The van der Waals surface area contributed by atoms with Crippen molar-refractivity contribution in [3.8, 4) is 16.9 Å². The lowest BCUT2D eigenvalue weighted by molar-refractivity contribution is -0.147. The Labute approximate surface area is 252 Å². The van der Waals surface area contributed by atoms with Gasteiger partial charge in [0.2, 0.25) is 5.78 Å². The van der Waals surface area contributed by atoms with E-state index < -0.39 is 52.0 Å². The third-order valence-electron chi connectivity index (χ3n) is 9.75. The summed E-state index contributed by atoms with van der Waals surface area (Å²) >= 11 is 0. The molecule has 10 nitrogen and oxygen atoms in total. The van der Waals surface area contributed by atoms with Gasteiger partial charge in [0.25, 0.3) is 5.91 Å². The van der Waals surface area contributed by atoms with Crippen LogP contribution < -0.4 is 5.73 Å². The molecule has 6 N–H and O–H groups in total. The van der Waals surface area contributed by atoms with Crippen LogP contribution in [0.5, 0.6) is 5.75 Å². The van der Waals surface area contributed by atoms with Gasteiger partial charge in [-0.2, -0.15) is 0 Å². The van der Waals surface area contributed by atoms with E-state index in [1.54, 1.807) is 6.07 Å². The minimum absolute atomic E-state index is 0.0797. The standard InChI is InChI=1S/C34H32N2O8/c35-33(42)29-26(38)15-19-13-18-14-24-23(7-8-25(37)28(24)30(39)27(18)31(40)34(19,43)32(29)41)22-6-5-17(16-36-9-11-44-12-10-36)20-3-1-2-4-21(20)22/h1-8,18-19,37,39,41,43H,9-16H2,(H2,35,42). The number of aromatic hydroxyl groups is 1. The molecule has 4 aliphatic rings. The Kier molecular flexibility index (Phi) is 6.61. The van der Waals surface area contributed by atoms with Crippen LogP contribution in [0.15, 0.2) is 65.4 Å². The van der Waals surface area contributed by atoms with Gasteiger partial charge in [-0.1, -0.05) is 42.5 Å². The van der Waals surface area contributed by atoms with Crippen LogP contribution in [0.4, 0.5) is 0 Å². The van der Waals surface area contributed by atoms with E-state index in [1.807, 2.05) is 24.3 Å². The second-order valence-electron chi connectivity index (χ2n) is 12.1. The summed E-state index contributed by atoms with van der Waals surface area (Å²) in [5.41, 5.74) is 5.31. The van der Waals surface area contributed by atoms with Crippen molar-refractivity contribution >= 4 is 34.0 Å². The Balaban J connectivity index is 1.36. The lowest BCUT2D eigenvalue weighted by atomic mass is 9.59. The number of aliphatic hydroxyl groups excluding tert-OH is 2. The number of carbonyl (C=O) groups is 3. The van der Waals surface area contributed by atoms with Gasteiger partial charge in [0.1, 0.15) is 22.8 Å². The number of benzene rings is 3. The third-order valence-corrected chi connectivity index (χ3v) is 9.75. The average Bonchev–Trinajstić information content (AvgIpc) is 3.00.